The van der Waals surface area contributed by atoms with E-state index in [1.54, 1.807) is 12.5 Å². The molecule has 0 bridgehead atoms. The molecule has 0 atom stereocenters. The van der Waals surface area contributed by atoms with Gasteiger partial charge in [0.05, 0.1) is 12.5 Å². The molecule has 0 aliphatic rings. The standard InChI is InChI=1S/C4H4O.C2H6.H3N/c1-2-4-5-3-1;1-2;/h1-4H;1-2H3;1H3. The van der Waals surface area contributed by atoms with Crippen LogP contribution >= 0.6 is 0 Å². The van der Waals surface area contributed by atoms with Crippen LogP contribution in [0.1, 0.15) is 13.8 Å². The summed E-state index contributed by atoms with van der Waals surface area (Å²) >= 11 is 0. The zero-order chi connectivity index (χ0) is 5.54. The molecule has 0 aliphatic heterocycles. The Labute approximate surface area is 50.1 Å². The van der Waals surface area contributed by atoms with Crippen LogP contribution in [-0.2, 0) is 0 Å². The van der Waals surface area contributed by atoms with E-state index in [1.165, 1.54) is 0 Å². The highest BCUT2D eigenvalue weighted by Gasteiger charge is 1.58. The second kappa shape index (κ2) is 9.53. The first-order valence-electron chi connectivity index (χ1n) is 2.47. The van der Waals surface area contributed by atoms with Crippen molar-refractivity contribution < 1.29 is 4.42 Å². The van der Waals surface area contributed by atoms with Crippen LogP contribution in [-0.4, -0.2) is 0 Å². The average molecular weight is 115 g/mol. The molecule has 0 saturated carbocycles. The fourth-order valence-corrected chi connectivity index (χ4v) is 0.227. The molecule has 1 aromatic rings. The summed E-state index contributed by atoms with van der Waals surface area (Å²) in [6.45, 7) is 4.00. The lowest BCUT2D eigenvalue weighted by Crippen LogP contribution is -1.16. The van der Waals surface area contributed by atoms with Gasteiger partial charge in [-0.3, -0.25) is 0 Å². The topological polar surface area (TPSA) is 48.1 Å². The van der Waals surface area contributed by atoms with Crippen molar-refractivity contribution in [3.8, 4) is 0 Å². The van der Waals surface area contributed by atoms with Crippen LogP contribution in [0.4, 0.5) is 0 Å². The molecular weight excluding hydrogens is 102 g/mol. The van der Waals surface area contributed by atoms with E-state index in [2.05, 4.69) is 4.42 Å². The number of hydrogen-bond acceptors (Lipinski definition) is 2. The van der Waals surface area contributed by atoms with Gasteiger partial charge in [-0.15, -0.1) is 0 Å². The third kappa shape index (κ3) is 5.24. The van der Waals surface area contributed by atoms with Gasteiger partial charge < -0.3 is 10.6 Å². The van der Waals surface area contributed by atoms with Gasteiger partial charge in [-0.05, 0) is 12.1 Å². The molecule has 0 unspecified atom stereocenters. The zero-order valence-corrected chi connectivity index (χ0v) is 5.42. The monoisotopic (exact) mass is 115 g/mol. The maximum atomic E-state index is 4.58. The first kappa shape index (κ1) is 10.3. The minimum absolute atomic E-state index is 0. The summed E-state index contributed by atoms with van der Waals surface area (Å²) in [4.78, 5) is 0. The van der Waals surface area contributed by atoms with E-state index in [9.17, 15) is 0 Å². The van der Waals surface area contributed by atoms with Crippen LogP contribution in [0.3, 0.4) is 0 Å². The summed E-state index contributed by atoms with van der Waals surface area (Å²) in [6.07, 6.45) is 3.25. The molecule has 0 aliphatic carbocycles. The average Bonchev–Trinajstić information content (AvgIpc) is 2.23. The largest absolute Gasteiger partial charge is 0.473 e. The van der Waals surface area contributed by atoms with Crippen LogP contribution in [0.15, 0.2) is 29.1 Å². The highest BCUT2D eigenvalue weighted by Crippen LogP contribution is 1.79. The molecule has 0 fully saturated rings. The van der Waals surface area contributed by atoms with Gasteiger partial charge >= 0.3 is 0 Å². The van der Waals surface area contributed by atoms with Crippen LogP contribution in [0, 0.1) is 0 Å². The lowest BCUT2D eigenvalue weighted by Gasteiger charge is -1.50. The van der Waals surface area contributed by atoms with E-state index >= 15 is 0 Å². The van der Waals surface area contributed by atoms with Crippen LogP contribution < -0.4 is 6.15 Å². The molecule has 3 N–H and O–H groups in total. The van der Waals surface area contributed by atoms with E-state index in [0.29, 0.717) is 0 Å². The molecule has 0 saturated heterocycles. The van der Waals surface area contributed by atoms with Gasteiger partial charge in [0.25, 0.3) is 0 Å². The summed E-state index contributed by atoms with van der Waals surface area (Å²) < 4.78 is 4.58. The highest BCUT2D eigenvalue weighted by atomic mass is 16.3. The SMILES string of the molecule is CC.N.c1ccoc1. The predicted molar refractivity (Wildman–Crippen MR) is 35.1 cm³/mol. The second-order valence-electron chi connectivity index (χ2n) is 0.793. The normalized spacial score (nSPS) is 5.75. The van der Waals surface area contributed by atoms with Crippen molar-refractivity contribution >= 4 is 0 Å². The van der Waals surface area contributed by atoms with Gasteiger partial charge in [0, 0.05) is 0 Å². The highest BCUT2D eigenvalue weighted by molar-refractivity contribution is 4.79. The smallest absolute Gasteiger partial charge is 0.0902 e. The second-order valence-corrected chi connectivity index (χ2v) is 0.793. The van der Waals surface area contributed by atoms with Gasteiger partial charge in [-0.25, -0.2) is 0 Å². The molecular formula is C6H13NO. The first-order chi connectivity index (χ1) is 3.50. The minimum Gasteiger partial charge on any atom is -0.473 e. The number of hydrogen-bond donors (Lipinski definition) is 1. The Morgan fingerprint density at radius 2 is 1.38 bits per heavy atom. The van der Waals surface area contributed by atoms with E-state index in [0.717, 1.165) is 0 Å². The summed E-state index contributed by atoms with van der Waals surface area (Å²) in [5, 5.41) is 0. The zero-order valence-electron chi connectivity index (χ0n) is 5.42. The van der Waals surface area contributed by atoms with Gasteiger partial charge in [-0.2, -0.15) is 0 Å². The number of furan rings is 1. The molecule has 0 aromatic carbocycles. The molecule has 1 aromatic heterocycles. The van der Waals surface area contributed by atoms with Gasteiger partial charge in [-0.1, -0.05) is 13.8 Å². The lowest BCUT2D eigenvalue weighted by molar-refractivity contribution is 0.567. The van der Waals surface area contributed by atoms with Crippen LogP contribution in [0.5, 0.6) is 0 Å². The molecule has 0 amide bonds. The molecule has 0 spiro atoms. The van der Waals surface area contributed by atoms with Crippen molar-refractivity contribution in [1.29, 1.82) is 0 Å². The molecule has 1 heterocycles. The van der Waals surface area contributed by atoms with Crippen molar-refractivity contribution in [2.75, 3.05) is 0 Å². The summed E-state index contributed by atoms with van der Waals surface area (Å²) in [6, 6.07) is 3.67. The number of rotatable bonds is 0. The van der Waals surface area contributed by atoms with Gasteiger partial charge in [0.2, 0.25) is 0 Å². The summed E-state index contributed by atoms with van der Waals surface area (Å²) in [5.41, 5.74) is 0. The molecule has 8 heavy (non-hydrogen) atoms. The predicted octanol–water partition coefficient (Wildman–Crippen LogP) is 2.47. The molecule has 1 rings (SSSR count). The maximum Gasteiger partial charge on any atom is 0.0902 e. The Kier molecular flexibility index (Phi) is 12.2. The Morgan fingerprint density at radius 1 is 1.00 bits per heavy atom. The van der Waals surface area contributed by atoms with Crippen molar-refractivity contribution in [1.82, 2.24) is 6.15 Å². The summed E-state index contributed by atoms with van der Waals surface area (Å²) in [7, 11) is 0. The van der Waals surface area contributed by atoms with Gasteiger partial charge in [0.1, 0.15) is 0 Å². The quantitative estimate of drug-likeness (QED) is 0.564. The molecule has 0 radical (unpaired) electrons. The Hall–Kier alpha value is -0.760. The van der Waals surface area contributed by atoms with E-state index in [4.69, 9.17) is 0 Å². The van der Waals surface area contributed by atoms with Crippen LogP contribution in [0.2, 0.25) is 0 Å². The minimum atomic E-state index is 0. The van der Waals surface area contributed by atoms with Gasteiger partial charge in [0.15, 0.2) is 0 Å². The van der Waals surface area contributed by atoms with Crippen LogP contribution in [0.25, 0.3) is 0 Å². The van der Waals surface area contributed by atoms with Crippen molar-refractivity contribution in [2.45, 2.75) is 13.8 Å². The first-order valence-corrected chi connectivity index (χ1v) is 2.47. The third-order valence-electron chi connectivity index (χ3n) is 0.425. The molecule has 48 valence electrons. The fourth-order valence-electron chi connectivity index (χ4n) is 0.227. The Morgan fingerprint density at radius 3 is 1.50 bits per heavy atom. The lowest BCUT2D eigenvalue weighted by atomic mass is 10.7. The van der Waals surface area contributed by atoms with E-state index < -0.39 is 0 Å². The molecule has 2 nitrogen and oxygen atoms in total. The van der Waals surface area contributed by atoms with Crippen molar-refractivity contribution in [3.63, 3.8) is 0 Å². The third-order valence-corrected chi connectivity index (χ3v) is 0.425. The maximum absolute atomic E-state index is 4.58. The van der Waals surface area contributed by atoms with Crippen molar-refractivity contribution in [2.24, 2.45) is 0 Å². The van der Waals surface area contributed by atoms with E-state index in [-0.39, 0.29) is 6.15 Å². The van der Waals surface area contributed by atoms with Crippen molar-refractivity contribution in [3.05, 3.63) is 24.7 Å². The van der Waals surface area contributed by atoms with E-state index in [1.807, 2.05) is 26.0 Å². The fraction of sp³-hybridized carbons (Fsp3) is 0.333. The molecule has 2 heteroatoms. The Balaban J connectivity index is 0. The summed E-state index contributed by atoms with van der Waals surface area (Å²) in [5.74, 6) is 0. The Bertz CT molecular complexity index is 65.0.